The first-order valence-electron chi connectivity index (χ1n) is 11.3. The third-order valence-corrected chi connectivity index (χ3v) is 6.02. The van der Waals surface area contributed by atoms with Crippen molar-refractivity contribution in [2.75, 3.05) is 49.6 Å². The molecule has 1 aromatic carbocycles. The van der Waals surface area contributed by atoms with Crippen LogP contribution in [0.4, 0.5) is 17.3 Å². The highest BCUT2D eigenvalue weighted by Gasteiger charge is 2.25. The van der Waals surface area contributed by atoms with Crippen LogP contribution < -0.4 is 15.0 Å². The molecule has 33 heavy (non-hydrogen) atoms. The summed E-state index contributed by atoms with van der Waals surface area (Å²) in [5.41, 5.74) is 2.76. The van der Waals surface area contributed by atoms with Crippen molar-refractivity contribution in [2.24, 2.45) is 0 Å². The number of rotatable bonds is 6. The van der Waals surface area contributed by atoms with Gasteiger partial charge in [0.05, 0.1) is 25.1 Å². The van der Waals surface area contributed by atoms with E-state index in [1.165, 1.54) is 11.8 Å². The normalized spacial score (nSPS) is 18.8. The molecule has 2 aromatic heterocycles. The lowest BCUT2D eigenvalue weighted by Crippen LogP contribution is -2.43. The Morgan fingerprint density at radius 3 is 2.79 bits per heavy atom. The fraction of sp³-hybridized carbons (Fsp3) is 0.375. The number of likely N-dealkylation sites (tertiary alicyclic amines) is 1. The molecule has 1 atom stereocenters. The summed E-state index contributed by atoms with van der Waals surface area (Å²) >= 11 is 0. The largest absolute Gasteiger partial charge is 0.472 e. The molecule has 9 heteroatoms. The standard InChI is InChI=1S/C24H28N6O3/c1-2-21(31)30-11-3-4-19(16-30)33-23-20-9-10-25-22(20)27-24(28-23)26-17-5-7-18(8-6-17)29-12-14-32-15-13-29/h2,5-10,19H,1,3-4,11-16H2,(H2,25,26,27,28)/t19-/m1/s1. The van der Waals surface area contributed by atoms with Crippen LogP contribution in [0, 0.1) is 0 Å². The Bertz CT molecular complexity index is 1120. The van der Waals surface area contributed by atoms with Gasteiger partial charge in [-0.1, -0.05) is 6.58 Å². The van der Waals surface area contributed by atoms with Crippen molar-refractivity contribution in [1.82, 2.24) is 19.9 Å². The SMILES string of the molecule is C=CC(=O)N1CCC[C@@H](Oc2nc(Nc3ccc(N4CCOCC4)cc3)nc3[nH]ccc23)C1. The van der Waals surface area contributed by atoms with Crippen LogP contribution >= 0.6 is 0 Å². The summed E-state index contributed by atoms with van der Waals surface area (Å²) in [7, 11) is 0. The predicted molar refractivity (Wildman–Crippen MR) is 127 cm³/mol. The average molecular weight is 449 g/mol. The molecule has 3 aromatic rings. The van der Waals surface area contributed by atoms with Crippen molar-refractivity contribution >= 4 is 34.3 Å². The van der Waals surface area contributed by atoms with Gasteiger partial charge in [0.15, 0.2) is 0 Å². The van der Waals surface area contributed by atoms with Crippen molar-refractivity contribution in [3.05, 3.63) is 49.2 Å². The molecule has 9 nitrogen and oxygen atoms in total. The molecule has 0 radical (unpaired) electrons. The van der Waals surface area contributed by atoms with Gasteiger partial charge in [0.1, 0.15) is 11.8 Å². The van der Waals surface area contributed by atoms with Crippen molar-refractivity contribution < 1.29 is 14.3 Å². The number of hydrogen-bond donors (Lipinski definition) is 2. The highest BCUT2D eigenvalue weighted by molar-refractivity contribution is 5.87. The van der Waals surface area contributed by atoms with Crippen molar-refractivity contribution in [1.29, 1.82) is 0 Å². The number of H-pyrrole nitrogens is 1. The zero-order chi connectivity index (χ0) is 22.6. The number of carbonyl (C=O) groups excluding carboxylic acids is 1. The summed E-state index contributed by atoms with van der Waals surface area (Å²) in [4.78, 5) is 28.5. The Kier molecular flexibility index (Phi) is 6.12. The van der Waals surface area contributed by atoms with Gasteiger partial charge in [-0.05, 0) is 49.2 Å². The lowest BCUT2D eigenvalue weighted by Gasteiger charge is -2.32. The topological polar surface area (TPSA) is 95.6 Å². The van der Waals surface area contributed by atoms with E-state index in [-0.39, 0.29) is 12.0 Å². The van der Waals surface area contributed by atoms with E-state index in [1.54, 1.807) is 4.90 Å². The van der Waals surface area contributed by atoms with Gasteiger partial charge in [0.2, 0.25) is 17.7 Å². The number of aromatic nitrogens is 3. The van der Waals surface area contributed by atoms with Crippen molar-refractivity contribution in [2.45, 2.75) is 18.9 Å². The van der Waals surface area contributed by atoms with Gasteiger partial charge in [-0.2, -0.15) is 9.97 Å². The number of aromatic amines is 1. The van der Waals surface area contributed by atoms with Crippen LogP contribution in [-0.2, 0) is 9.53 Å². The van der Waals surface area contributed by atoms with Gasteiger partial charge < -0.3 is 29.6 Å². The number of morpholine rings is 1. The van der Waals surface area contributed by atoms with Crippen LogP contribution in [0.1, 0.15) is 12.8 Å². The highest BCUT2D eigenvalue weighted by atomic mass is 16.5. The number of nitrogens with zero attached hydrogens (tertiary/aromatic N) is 4. The van der Waals surface area contributed by atoms with E-state index < -0.39 is 0 Å². The van der Waals surface area contributed by atoms with Crippen LogP contribution in [0.5, 0.6) is 5.88 Å². The maximum atomic E-state index is 12.0. The lowest BCUT2D eigenvalue weighted by atomic mass is 10.1. The van der Waals surface area contributed by atoms with Crippen LogP contribution in [0.3, 0.4) is 0 Å². The first kappa shape index (κ1) is 21.3. The minimum atomic E-state index is -0.128. The van der Waals surface area contributed by atoms with Gasteiger partial charge >= 0.3 is 0 Å². The van der Waals surface area contributed by atoms with E-state index in [2.05, 4.69) is 43.9 Å². The first-order valence-corrected chi connectivity index (χ1v) is 11.3. The second-order valence-corrected chi connectivity index (χ2v) is 8.23. The minimum Gasteiger partial charge on any atom is -0.472 e. The van der Waals surface area contributed by atoms with Gasteiger partial charge in [0, 0.05) is 37.2 Å². The van der Waals surface area contributed by atoms with Crippen molar-refractivity contribution in [3.63, 3.8) is 0 Å². The third kappa shape index (κ3) is 4.78. The molecule has 4 heterocycles. The number of nitrogens with one attached hydrogen (secondary N) is 2. The maximum absolute atomic E-state index is 12.0. The molecule has 0 spiro atoms. The second-order valence-electron chi connectivity index (χ2n) is 8.23. The van der Waals surface area contributed by atoms with Gasteiger partial charge in [0.25, 0.3) is 0 Å². The number of ether oxygens (including phenoxy) is 2. The van der Waals surface area contributed by atoms with E-state index in [4.69, 9.17) is 9.47 Å². The third-order valence-electron chi connectivity index (χ3n) is 6.02. The molecule has 5 rings (SSSR count). The summed E-state index contributed by atoms with van der Waals surface area (Å²) in [6, 6.07) is 10.1. The fourth-order valence-corrected chi connectivity index (χ4v) is 4.29. The van der Waals surface area contributed by atoms with E-state index in [0.29, 0.717) is 24.0 Å². The van der Waals surface area contributed by atoms with E-state index in [9.17, 15) is 4.79 Å². The van der Waals surface area contributed by atoms with Gasteiger partial charge in [-0.3, -0.25) is 4.79 Å². The molecular formula is C24H28N6O3. The monoisotopic (exact) mass is 448 g/mol. The molecule has 2 aliphatic heterocycles. The van der Waals surface area contributed by atoms with Crippen LogP contribution in [0.25, 0.3) is 11.0 Å². The van der Waals surface area contributed by atoms with Gasteiger partial charge in [-0.15, -0.1) is 0 Å². The van der Waals surface area contributed by atoms with Gasteiger partial charge in [-0.25, -0.2) is 0 Å². The summed E-state index contributed by atoms with van der Waals surface area (Å²) in [6.07, 6.45) is 4.79. The molecule has 2 N–H and O–H groups in total. The summed E-state index contributed by atoms with van der Waals surface area (Å²) < 4.78 is 11.7. The van der Waals surface area contributed by atoms with Crippen LogP contribution in [0.15, 0.2) is 49.2 Å². The number of piperidine rings is 1. The van der Waals surface area contributed by atoms with Crippen LogP contribution in [-0.4, -0.2) is 71.3 Å². The Morgan fingerprint density at radius 2 is 2.00 bits per heavy atom. The maximum Gasteiger partial charge on any atom is 0.246 e. The lowest BCUT2D eigenvalue weighted by molar-refractivity contribution is -0.128. The van der Waals surface area contributed by atoms with E-state index in [0.717, 1.165) is 56.8 Å². The van der Waals surface area contributed by atoms with E-state index in [1.807, 2.05) is 24.4 Å². The average Bonchev–Trinajstić information content (AvgIpc) is 3.34. The molecule has 172 valence electrons. The Labute approximate surface area is 192 Å². The molecule has 1 amide bonds. The zero-order valence-corrected chi connectivity index (χ0v) is 18.5. The molecule has 2 saturated heterocycles. The highest BCUT2D eigenvalue weighted by Crippen LogP contribution is 2.28. The van der Waals surface area contributed by atoms with Crippen LogP contribution in [0.2, 0.25) is 0 Å². The zero-order valence-electron chi connectivity index (χ0n) is 18.5. The molecule has 2 aliphatic rings. The second kappa shape index (κ2) is 9.50. The summed E-state index contributed by atoms with van der Waals surface area (Å²) in [6.45, 7) is 8.15. The smallest absolute Gasteiger partial charge is 0.246 e. The molecule has 0 saturated carbocycles. The first-order chi connectivity index (χ1) is 16.2. The molecule has 2 fully saturated rings. The number of fused-ring (bicyclic) bond motifs is 1. The number of benzene rings is 1. The predicted octanol–water partition coefficient (Wildman–Crippen LogP) is 3.09. The molecular weight excluding hydrogens is 420 g/mol. The molecule has 0 unspecified atom stereocenters. The quantitative estimate of drug-likeness (QED) is 0.560. The summed E-state index contributed by atoms with van der Waals surface area (Å²) in [5, 5.41) is 4.10. The number of hydrogen-bond acceptors (Lipinski definition) is 7. The number of anilines is 3. The van der Waals surface area contributed by atoms with E-state index >= 15 is 0 Å². The Hall–Kier alpha value is -3.59. The van der Waals surface area contributed by atoms with Crippen molar-refractivity contribution in [3.8, 4) is 5.88 Å². The molecule has 0 aliphatic carbocycles. The Morgan fingerprint density at radius 1 is 1.18 bits per heavy atom. The summed E-state index contributed by atoms with van der Waals surface area (Å²) in [5.74, 6) is 0.890. The Balaban J connectivity index is 1.32. The minimum absolute atomic E-state index is 0.0688. The fourth-order valence-electron chi connectivity index (χ4n) is 4.29. The molecule has 0 bridgehead atoms. The number of carbonyl (C=O) groups is 1. The number of amides is 1.